The first kappa shape index (κ1) is 21.8. The summed E-state index contributed by atoms with van der Waals surface area (Å²) >= 11 is 0. The SMILES string of the molecule is Cn1c(=O)c(C(=O)NCC(=O)OC(C)(C)C)c(O)c2cc([C@H]3CCCCO3)cnc21. The minimum atomic E-state index is -0.861. The summed E-state index contributed by atoms with van der Waals surface area (Å²) in [7, 11) is 1.47. The van der Waals surface area contributed by atoms with Gasteiger partial charge in [0.25, 0.3) is 11.5 Å². The number of aryl methyl sites for hydroxylation is 1. The normalized spacial score (nSPS) is 17.0. The number of carbonyl (C=O) groups excluding carboxylic acids is 2. The van der Waals surface area contributed by atoms with Crippen LogP contribution in [0.5, 0.6) is 5.75 Å². The predicted octanol–water partition coefficient (Wildman–Crippen LogP) is 1.95. The molecule has 162 valence electrons. The first-order valence-corrected chi connectivity index (χ1v) is 9.91. The van der Waals surface area contributed by atoms with Crippen molar-refractivity contribution < 1.29 is 24.2 Å². The molecule has 0 bridgehead atoms. The van der Waals surface area contributed by atoms with Crippen molar-refractivity contribution in [2.24, 2.45) is 7.05 Å². The van der Waals surface area contributed by atoms with Gasteiger partial charge in [-0.05, 0) is 51.7 Å². The topological polar surface area (TPSA) is 120 Å². The van der Waals surface area contributed by atoms with E-state index in [1.54, 1.807) is 33.0 Å². The second-order valence-electron chi connectivity index (χ2n) is 8.35. The van der Waals surface area contributed by atoms with E-state index in [0.29, 0.717) is 6.61 Å². The van der Waals surface area contributed by atoms with Gasteiger partial charge in [0.1, 0.15) is 29.1 Å². The number of nitrogens with zero attached hydrogens (tertiary/aromatic N) is 2. The highest BCUT2D eigenvalue weighted by Crippen LogP contribution is 2.32. The number of aromatic nitrogens is 2. The van der Waals surface area contributed by atoms with Gasteiger partial charge in [-0.15, -0.1) is 0 Å². The van der Waals surface area contributed by atoms with Crippen LogP contribution in [-0.2, 0) is 21.3 Å². The first-order chi connectivity index (χ1) is 14.1. The smallest absolute Gasteiger partial charge is 0.325 e. The lowest BCUT2D eigenvalue weighted by atomic mass is 10.0. The molecule has 1 saturated heterocycles. The van der Waals surface area contributed by atoms with E-state index in [9.17, 15) is 19.5 Å². The van der Waals surface area contributed by atoms with Gasteiger partial charge in [-0.1, -0.05) is 0 Å². The summed E-state index contributed by atoms with van der Waals surface area (Å²) in [5.74, 6) is -1.98. The second kappa shape index (κ2) is 8.43. The van der Waals surface area contributed by atoms with Crippen LogP contribution in [0, 0.1) is 0 Å². The molecule has 1 amide bonds. The summed E-state index contributed by atoms with van der Waals surface area (Å²) in [4.78, 5) is 41.4. The lowest BCUT2D eigenvalue weighted by Gasteiger charge is -2.23. The van der Waals surface area contributed by atoms with Crippen LogP contribution in [0.4, 0.5) is 0 Å². The fourth-order valence-electron chi connectivity index (χ4n) is 3.42. The molecule has 0 spiro atoms. The zero-order valence-corrected chi connectivity index (χ0v) is 17.7. The lowest BCUT2D eigenvalue weighted by Crippen LogP contribution is -2.37. The highest BCUT2D eigenvalue weighted by molar-refractivity contribution is 6.02. The number of esters is 1. The van der Waals surface area contributed by atoms with Crippen molar-refractivity contribution in [3.05, 3.63) is 33.7 Å². The molecular formula is C21H27N3O6. The van der Waals surface area contributed by atoms with Gasteiger partial charge in [-0.25, -0.2) is 4.98 Å². The Hall–Kier alpha value is -2.94. The number of aromatic hydroxyl groups is 1. The molecule has 3 heterocycles. The average molecular weight is 417 g/mol. The molecule has 2 aromatic heterocycles. The Morgan fingerprint density at radius 2 is 2.10 bits per heavy atom. The number of fused-ring (bicyclic) bond motifs is 1. The largest absolute Gasteiger partial charge is 0.506 e. The minimum absolute atomic E-state index is 0.142. The zero-order chi connectivity index (χ0) is 22.1. The van der Waals surface area contributed by atoms with Crippen molar-refractivity contribution in [2.45, 2.75) is 51.7 Å². The highest BCUT2D eigenvalue weighted by atomic mass is 16.6. The summed E-state index contributed by atoms with van der Waals surface area (Å²) in [6, 6.07) is 1.69. The number of hydrogen-bond donors (Lipinski definition) is 2. The highest BCUT2D eigenvalue weighted by Gasteiger charge is 2.25. The van der Waals surface area contributed by atoms with Crippen LogP contribution in [-0.4, -0.2) is 45.3 Å². The van der Waals surface area contributed by atoms with E-state index in [-0.39, 0.29) is 17.1 Å². The van der Waals surface area contributed by atoms with Gasteiger partial charge in [-0.3, -0.25) is 19.0 Å². The Labute approximate surface area is 174 Å². The third-order valence-corrected chi connectivity index (χ3v) is 4.81. The maximum Gasteiger partial charge on any atom is 0.325 e. The Balaban J connectivity index is 1.93. The van der Waals surface area contributed by atoms with E-state index in [0.717, 1.165) is 24.8 Å². The summed E-state index contributed by atoms with van der Waals surface area (Å²) < 4.78 is 12.1. The molecule has 0 radical (unpaired) electrons. The number of hydrogen-bond acceptors (Lipinski definition) is 7. The van der Waals surface area contributed by atoms with Crippen LogP contribution in [0.25, 0.3) is 11.0 Å². The molecule has 2 N–H and O–H groups in total. The van der Waals surface area contributed by atoms with Crippen molar-refractivity contribution in [2.75, 3.05) is 13.2 Å². The Kier molecular flexibility index (Phi) is 6.12. The molecule has 2 aromatic rings. The van der Waals surface area contributed by atoms with E-state index >= 15 is 0 Å². The number of carbonyl (C=O) groups is 2. The molecule has 9 nitrogen and oxygen atoms in total. The molecular weight excluding hydrogens is 390 g/mol. The minimum Gasteiger partial charge on any atom is -0.506 e. The maximum atomic E-state index is 12.7. The number of pyridine rings is 2. The molecule has 1 atom stereocenters. The molecule has 0 aromatic carbocycles. The van der Waals surface area contributed by atoms with Gasteiger partial charge < -0.3 is 19.9 Å². The van der Waals surface area contributed by atoms with E-state index in [2.05, 4.69) is 10.3 Å². The van der Waals surface area contributed by atoms with E-state index < -0.39 is 40.9 Å². The van der Waals surface area contributed by atoms with Crippen molar-refractivity contribution in [1.29, 1.82) is 0 Å². The van der Waals surface area contributed by atoms with Gasteiger partial charge in [0, 0.05) is 19.9 Å². The molecule has 1 aliphatic rings. The maximum absolute atomic E-state index is 12.7. The second-order valence-corrected chi connectivity index (χ2v) is 8.35. The van der Waals surface area contributed by atoms with Crippen LogP contribution in [0.2, 0.25) is 0 Å². The fourth-order valence-corrected chi connectivity index (χ4v) is 3.42. The van der Waals surface area contributed by atoms with Crippen molar-refractivity contribution in [3.8, 4) is 5.75 Å². The van der Waals surface area contributed by atoms with Gasteiger partial charge in [0.05, 0.1) is 11.5 Å². The quantitative estimate of drug-likeness (QED) is 0.730. The van der Waals surface area contributed by atoms with Crippen molar-refractivity contribution in [3.63, 3.8) is 0 Å². The predicted molar refractivity (Wildman–Crippen MR) is 109 cm³/mol. The Morgan fingerprint density at radius 3 is 2.73 bits per heavy atom. The molecule has 30 heavy (non-hydrogen) atoms. The fraction of sp³-hybridized carbons (Fsp3) is 0.524. The monoisotopic (exact) mass is 417 g/mol. The average Bonchev–Trinajstić information content (AvgIpc) is 2.70. The van der Waals surface area contributed by atoms with Crippen molar-refractivity contribution in [1.82, 2.24) is 14.9 Å². The number of rotatable bonds is 4. The standard InChI is InChI=1S/C21H27N3O6/c1-21(2,3)30-15(25)11-23-19(27)16-17(26)13-9-12(14-7-5-6-8-29-14)10-22-18(13)24(4)20(16)28/h9-10,14,26H,5-8,11H2,1-4H3,(H,23,27)/t14-/m1/s1. The molecule has 1 fully saturated rings. The van der Waals surface area contributed by atoms with Crippen LogP contribution in [0.15, 0.2) is 17.1 Å². The third kappa shape index (κ3) is 4.62. The van der Waals surface area contributed by atoms with Crippen LogP contribution in [0.1, 0.15) is 62.1 Å². The van der Waals surface area contributed by atoms with Crippen LogP contribution in [0.3, 0.4) is 0 Å². The van der Waals surface area contributed by atoms with Crippen LogP contribution >= 0.6 is 0 Å². The van der Waals surface area contributed by atoms with Gasteiger partial charge in [0.2, 0.25) is 0 Å². The van der Waals surface area contributed by atoms with Crippen LogP contribution < -0.4 is 10.9 Å². The number of nitrogens with one attached hydrogen (secondary N) is 1. The zero-order valence-electron chi connectivity index (χ0n) is 17.7. The van der Waals surface area contributed by atoms with Crippen molar-refractivity contribution >= 4 is 22.9 Å². The lowest BCUT2D eigenvalue weighted by molar-refractivity contribution is -0.153. The molecule has 3 rings (SSSR count). The van der Waals surface area contributed by atoms with E-state index in [1.165, 1.54) is 11.6 Å². The first-order valence-electron chi connectivity index (χ1n) is 9.91. The summed E-state index contributed by atoms with van der Waals surface area (Å²) in [6.45, 7) is 5.35. The van der Waals surface area contributed by atoms with E-state index in [4.69, 9.17) is 9.47 Å². The van der Waals surface area contributed by atoms with Gasteiger partial charge in [0.15, 0.2) is 0 Å². The Bertz CT molecular complexity index is 1030. The summed E-state index contributed by atoms with van der Waals surface area (Å²) in [5.41, 5.74) is -0.836. The number of amides is 1. The van der Waals surface area contributed by atoms with E-state index in [1.807, 2.05) is 0 Å². The summed E-state index contributed by atoms with van der Waals surface area (Å²) in [5, 5.41) is 13.3. The third-order valence-electron chi connectivity index (χ3n) is 4.81. The van der Waals surface area contributed by atoms with Gasteiger partial charge in [-0.2, -0.15) is 0 Å². The summed E-state index contributed by atoms with van der Waals surface area (Å²) in [6.07, 6.45) is 4.35. The molecule has 0 aliphatic carbocycles. The molecule has 0 unspecified atom stereocenters. The molecule has 0 saturated carbocycles. The molecule has 9 heteroatoms. The Morgan fingerprint density at radius 1 is 1.37 bits per heavy atom. The van der Waals surface area contributed by atoms with Gasteiger partial charge >= 0.3 is 5.97 Å². The number of ether oxygens (including phenoxy) is 2. The molecule has 1 aliphatic heterocycles.